The van der Waals surface area contributed by atoms with E-state index >= 15 is 0 Å². The maximum absolute atomic E-state index is 10.9. The monoisotopic (exact) mass is 258 g/mol. The molecule has 1 nitrogen and oxygen atoms in total. The third kappa shape index (κ3) is 2.33. The van der Waals surface area contributed by atoms with E-state index in [1.165, 1.54) is 50.5 Å². The molecule has 1 heteroatoms. The third-order valence-corrected chi connectivity index (χ3v) is 5.69. The Balaban J connectivity index is 1.84. The van der Waals surface area contributed by atoms with Crippen molar-refractivity contribution in [3.8, 4) is 0 Å². The Kier molecular flexibility index (Phi) is 3.66. The molecule has 0 heterocycles. The van der Waals surface area contributed by atoms with Gasteiger partial charge in [0.05, 0.1) is 6.10 Å². The summed E-state index contributed by atoms with van der Waals surface area (Å²) in [6.07, 6.45) is 9.83. The van der Waals surface area contributed by atoms with Crippen LogP contribution >= 0.6 is 0 Å². The first-order valence-electron chi connectivity index (χ1n) is 8.03. The van der Waals surface area contributed by atoms with E-state index in [9.17, 15) is 5.11 Å². The van der Waals surface area contributed by atoms with Gasteiger partial charge >= 0.3 is 0 Å². The first-order chi connectivity index (χ1) is 9.25. The van der Waals surface area contributed by atoms with Crippen LogP contribution in [0.15, 0.2) is 24.3 Å². The van der Waals surface area contributed by atoms with Gasteiger partial charge in [-0.1, -0.05) is 50.5 Å². The second kappa shape index (κ2) is 5.28. The van der Waals surface area contributed by atoms with Gasteiger partial charge in [-0.25, -0.2) is 0 Å². The van der Waals surface area contributed by atoms with E-state index in [-0.39, 0.29) is 11.5 Å². The van der Waals surface area contributed by atoms with E-state index in [4.69, 9.17) is 0 Å². The third-order valence-electron chi connectivity index (χ3n) is 5.69. The van der Waals surface area contributed by atoms with Crippen LogP contribution in [0.4, 0.5) is 0 Å². The molecule has 0 bridgehead atoms. The Bertz CT molecular complexity index is 427. The van der Waals surface area contributed by atoms with Crippen molar-refractivity contribution in [1.82, 2.24) is 0 Å². The maximum atomic E-state index is 10.9. The number of aliphatic hydroxyl groups excluding tert-OH is 1. The summed E-state index contributed by atoms with van der Waals surface area (Å²) in [7, 11) is 0. The standard InChI is InChI=1S/C18H26O/c1-2-18(11-3-4-12-18)17(19)16-10-6-9-15(13-16)14-7-5-8-14/h6,9-10,13-14,17,19H,2-5,7-8,11-12H2,1H3. The maximum Gasteiger partial charge on any atom is 0.0846 e. The fourth-order valence-electron chi connectivity index (χ4n) is 3.98. The molecule has 0 aliphatic heterocycles. The highest BCUT2D eigenvalue weighted by Crippen LogP contribution is 2.50. The molecule has 2 fully saturated rings. The topological polar surface area (TPSA) is 20.2 Å². The lowest BCUT2D eigenvalue weighted by atomic mass is 9.74. The van der Waals surface area contributed by atoms with Crippen molar-refractivity contribution in [1.29, 1.82) is 0 Å². The zero-order valence-corrected chi connectivity index (χ0v) is 12.1. The Morgan fingerprint density at radius 1 is 1.21 bits per heavy atom. The molecule has 2 aliphatic carbocycles. The molecule has 2 saturated carbocycles. The van der Waals surface area contributed by atoms with Gasteiger partial charge in [0, 0.05) is 5.41 Å². The fraction of sp³-hybridized carbons (Fsp3) is 0.667. The first-order valence-corrected chi connectivity index (χ1v) is 8.03. The molecule has 3 rings (SSSR count). The highest BCUT2D eigenvalue weighted by atomic mass is 16.3. The van der Waals surface area contributed by atoms with Crippen LogP contribution in [0.2, 0.25) is 0 Å². The van der Waals surface area contributed by atoms with Crippen molar-refractivity contribution in [3.63, 3.8) is 0 Å². The average molecular weight is 258 g/mol. The van der Waals surface area contributed by atoms with Gasteiger partial charge in [0.15, 0.2) is 0 Å². The SMILES string of the molecule is CCC1(C(O)c2cccc(C3CCC3)c2)CCCC1. The normalized spacial score (nSPS) is 24.1. The van der Waals surface area contributed by atoms with Crippen LogP contribution in [0, 0.1) is 5.41 Å². The van der Waals surface area contributed by atoms with E-state index in [0.29, 0.717) is 0 Å². The van der Waals surface area contributed by atoms with E-state index in [1.807, 2.05) is 0 Å². The first kappa shape index (κ1) is 13.2. The van der Waals surface area contributed by atoms with Crippen molar-refractivity contribution >= 4 is 0 Å². The molecule has 19 heavy (non-hydrogen) atoms. The van der Waals surface area contributed by atoms with Gasteiger partial charge < -0.3 is 5.11 Å². The summed E-state index contributed by atoms with van der Waals surface area (Å²) in [6, 6.07) is 8.80. The molecule has 0 amide bonds. The minimum atomic E-state index is -0.264. The zero-order valence-electron chi connectivity index (χ0n) is 12.1. The molecule has 1 N–H and O–H groups in total. The van der Waals surface area contributed by atoms with Crippen molar-refractivity contribution in [2.24, 2.45) is 5.41 Å². The van der Waals surface area contributed by atoms with Crippen LogP contribution in [0.3, 0.4) is 0 Å². The largest absolute Gasteiger partial charge is 0.388 e. The second-order valence-corrected chi connectivity index (χ2v) is 6.62. The van der Waals surface area contributed by atoms with Crippen molar-refractivity contribution in [2.45, 2.75) is 70.3 Å². The second-order valence-electron chi connectivity index (χ2n) is 6.62. The Hall–Kier alpha value is -0.820. The van der Waals surface area contributed by atoms with Gasteiger partial charge in [0.2, 0.25) is 0 Å². The van der Waals surface area contributed by atoms with Crippen LogP contribution in [0.25, 0.3) is 0 Å². The quantitative estimate of drug-likeness (QED) is 0.809. The summed E-state index contributed by atoms with van der Waals surface area (Å²) in [4.78, 5) is 0. The molecule has 1 aromatic rings. The molecule has 0 radical (unpaired) electrons. The molecule has 104 valence electrons. The van der Waals surface area contributed by atoms with Crippen LogP contribution in [0.1, 0.15) is 81.4 Å². The molecular formula is C18H26O. The molecule has 1 aromatic carbocycles. The van der Waals surface area contributed by atoms with Crippen LogP contribution in [0.5, 0.6) is 0 Å². The number of hydrogen-bond donors (Lipinski definition) is 1. The van der Waals surface area contributed by atoms with Crippen molar-refractivity contribution in [3.05, 3.63) is 35.4 Å². The minimum Gasteiger partial charge on any atom is -0.388 e. The van der Waals surface area contributed by atoms with Gasteiger partial charge in [-0.2, -0.15) is 0 Å². The lowest BCUT2D eigenvalue weighted by molar-refractivity contribution is 0.0237. The molecule has 1 atom stereocenters. The molecule has 1 unspecified atom stereocenters. The predicted molar refractivity (Wildman–Crippen MR) is 79.2 cm³/mol. The molecule has 0 saturated heterocycles. The summed E-state index contributed by atoms with van der Waals surface area (Å²) in [5.74, 6) is 0.758. The van der Waals surface area contributed by atoms with Crippen LogP contribution in [-0.4, -0.2) is 5.11 Å². The van der Waals surface area contributed by atoms with Crippen LogP contribution in [-0.2, 0) is 0 Å². The molecule has 2 aliphatic rings. The van der Waals surface area contributed by atoms with E-state index < -0.39 is 0 Å². The molecular weight excluding hydrogens is 232 g/mol. The Labute approximate surface area is 117 Å². The smallest absolute Gasteiger partial charge is 0.0846 e. The number of rotatable bonds is 4. The van der Waals surface area contributed by atoms with Crippen molar-refractivity contribution in [2.75, 3.05) is 0 Å². The van der Waals surface area contributed by atoms with Crippen molar-refractivity contribution < 1.29 is 5.11 Å². The summed E-state index contributed by atoms with van der Waals surface area (Å²) in [5.41, 5.74) is 2.76. The molecule has 0 spiro atoms. The lowest BCUT2D eigenvalue weighted by Gasteiger charge is -2.34. The summed E-state index contributed by atoms with van der Waals surface area (Å²) in [5, 5.41) is 10.9. The minimum absolute atomic E-state index is 0.151. The predicted octanol–water partition coefficient (Wildman–Crippen LogP) is 4.96. The van der Waals surface area contributed by atoms with Crippen LogP contribution < -0.4 is 0 Å². The highest BCUT2D eigenvalue weighted by Gasteiger charge is 2.39. The van der Waals surface area contributed by atoms with E-state index in [2.05, 4.69) is 31.2 Å². The fourth-order valence-corrected chi connectivity index (χ4v) is 3.98. The van der Waals surface area contributed by atoms with E-state index in [0.717, 1.165) is 17.9 Å². The Morgan fingerprint density at radius 3 is 2.53 bits per heavy atom. The van der Waals surface area contributed by atoms with Gasteiger partial charge in [-0.3, -0.25) is 0 Å². The van der Waals surface area contributed by atoms with Gasteiger partial charge in [0.25, 0.3) is 0 Å². The van der Waals surface area contributed by atoms with Gasteiger partial charge in [-0.05, 0) is 49.1 Å². The number of benzene rings is 1. The highest BCUT2D eigenvalue weighted by molar-refractivity contribution is 5.30. The summed E-state index contributed by atoms with van der Waals surface area (Å²) < 4.78 is 0. The Morgan fingerprint density at radius 2 is 1.95 bits per heavy atom. The molecule has 0 aromatic heterocycles. The van der Waals surface area contributed by atoms with Gasteiger partial charge in [0.1, 0.15) is 0 Å². The zero-order chi connectivity index (χ0) is 13.3. The van der Waals surface area contributed by atoms with E-state index in [1.54, 1.807) is 0 Å². The summed E-state index contributed by atoms with van der Waals surface area (Å²) in [6.45, 7) is 2.24. The summed E-state index contributed by atoms with van der Waals surface area (Å²) >= 11 is 0. The van der Waals surface area contributed by atoms with Gasteiger partial charge in [-0.15, -0.1) is 0 Å². The number of aliphatic hydroxyl groups is 1. The lowest BCUT2D eigenvalue weighted by Crippen LogP contribution is -2.25. The average Bonchev–Trinajstić information content (AvgIpc) is 2.86. The number of hydrogen-bond acceptors (Lipinski definition) is 1.